The molecule has 1 saturated heterocycles. The molecule has 0 unspecified atom stereocenters. The summed E-state index contributed by atoms with van der Waals surface area (Å²) < 4.78 is 5.41. The molecule has 0 bridgehead atoms. The minimum atomic E-state index is -1.10. The molecular formula is C11H16N2O4. The van der Waals surface area contributed by atoms with Crippen molar-refractivity contribution in [3.8, 4) is 0 Å². The summed E-state index contributed by atoms with van der Waals surface area (Å²) >= 11 is 0. The van der Waals surface area contributed by atoms with Crippen LogP contribution in [-0.2, 0) is 4.74 Å². The molecule has 0 saturated carbocycles. The number of nitrogens with zero attached hydrogens (tertiary/aromatic N) is 1. The molecule has 0 radical (unpaired) electrons. The summed E-state index contributed by atoms with van der Waals surface area (Å²) in [7, 11) is 0. The number of pyridine rings is 1. The van der Waals surface area contributed by atoms with Gasteiger partial charge in [-0.05, 0) is 13.0 Å². The predicted molar refractivity (Wildman–Crippen MR) is 60.1 cm³/mol. The van der Waals surface area contributed by atoms with Crippen LogP contribution in [0.4, 0.5) is 5.82 Å². The van der Waals surface area contributed by atoms with Crippen LogP contribution < -0.4 is 5.73 Å². The number of rotatable bonds is 2. The van der Waals surface area contributed by atoms with Crippen molar-refractivity contribution >= 4 is 5.82 Å². The van der Waals surface area contributed by atoms with Gasteiger partial charge < -0.3 is 25.8 Å². The van der Waals surface area contributed by atoms with Gasteiger partial charge >= 0.3 is 0 Å². The number of nitrogen functional groups attached to an aromatic ring is 1. The van der Waals surface area contributed by atoms with Crippen LogP contribution in [0.25, 0.3) is 0 Å². The van der Waals surface area contributed by atoms with Crippen LogP contribution in [0, 0.1) is 6.92 Å². The Balaban J connectivity index is 2.29. The number of aryl methyl sites for hydroxylation is 1. The Labute approximate surface area is 98.7 Å². The number of aliphatic hydroxyl groups excluding tert-OH is 3. The highest BCUT2D eigenvalue weighted by Crippen LogP contribution is 2.34. The van der Waals surface area contributed by atoms with Crippen molar-refractivity contribution in [3.63, 3.8) is 0 Å². The lowest BCUT2D eigenvalue weighted by molar-refractivity contribution is -0.0230. The first-order valence-electron chi connectivity index (χ1n) is 5.40. The maximum Gasteiger partial charge on any atom is 0.123 e. The van der Waals surface area contributed by atoms with Gasteiger partial charge in [0.25, 0.3) is 0 Å². The van der Waals surface area contributed by atoms with E-state index in [-0.39, 0.29) is 6.61 Å². The second-order valence-corrected chi connectivity index (χ2v) is 4.17. The highest BCUT2D eigenvalue weighted by Gasteiger charge is 2.43. The first-order valence-corrected chi connectivity index (χ1v) is 5.40. The van der Waals surface area contributed by atoms with Crippen LogP contribution in [0.3, 0.4) is 0 Å². The first kappa shape index (κ1) is 12.3. The molecule has 0 amide bonds. The van der Waals surface area contributed by atoms with Crippen LogP contribution in [0.1, 0.15) is 17.4 Å². The number of nitrogens with two attached hydrogens (primary N) is 1. The molecule has 0 aromatic carbocycles. The fourth-order valence-electron chi connectivity index (χ4n) is 2.05. The molecule has 0 spiro atoms. The van der Waals surface area contributed by atoms with Gasteiger partial charge in [-0.1, -0.05) is 6.07 Å². The molecule has 4 atom stereocenters. The predicted octanol–water partition coefficient (Wildman–Crippen LogP) is -0.874. The van der Waals surface area contributed by atoms with Gasteiger partial charge in [0.1, 0.15) is 30.2 Å². The molecule has 1 aliphatic rings. The molecule has 1 aromatic heterocycles. The first-order chi connectivity index (χ1) is 8.04. The minimum absolute atomic E-state index is 0.337. The van der Waals surface area contributed by atoms with Gasteiger partial charge in [0.05, 0.1) is 6.61 Å². The van der Waals surface area contributed by atoms with E-state index in [4.69, 9.17) is 15.6 Å². The van der Waals surface area contributed by atoms with Gasteiger partial charge in [-0.2, -0.15) is 0 Å². The fourth-order valence-corrected chi connectivity index (χ4v) is 2.05. The van der Waals surface area contributed by atoms with E-state index >= 15 is 0 Å². The lowest BCUT2D eigenvalue weighted by Crippen LogP contribution is -2.32. The van der Waals surface area contributed by atoms with Crippen molar-refractivity contribution in [1.82, 2.24) is 4.98 Å². The zero-order valence-electron chi connectivity index (χ0n) is 9.45. The number of aliphatic hydroxyl groups is 3. The summed E-state index contributed by atoms with van der Waals surface area (Å²) in [5, 5.41) is 28.5. The molecular weight excluding hydrogens is 224 g/mol. The van der Waals surface area contributed by atoms with Gasteiger partial charge in [-0.25, -0.2) is 4.98 Å². The minimum Gasteiger partial charge on any atom is -0.394 e. The zero-order valence-corrected chi connectivity index (χ0v) is 9.45. The standard InChI is InChI=1S/C11H16N2O4/c1-5-6(2-3-8(12)13-5)11-10(16)9(15)7(4-14)17-11/h2-3,7,9-11,14-16H,4H2,1H3,(H2,12,13)/t7-,9-,10-,11+/m1/s1. The third-order valence-corrected chi connectivity index (χ3v) is 3.00. The average Bonchev–Trinajstić information content (AvgIpc) is 2.57. The summed E-state index contributed by atoms with van der Waals surface area (Å²) in [5.41, 5.74) is 6.84. The summed E-state index contributed by atoms with van der Waals surface area (Å²) in [5.74, 6) is 0.387. The number of hydrogen-bond donors (Lipinski definition) is 4. The second-order valence-electron chi connectivity index (χ2n) is 4.17. The van der Waals surface area contributed by atoms with E-state index in [1.807, 2.05) is 0 Å². The molecule has 17 heavy (non-hydrogen) atoms. The third kappa shape index (κ3) is 2.12. The van der Waals surface area contributed by atoms with Crippen LogP contribution in [0.15, 0.2) is 12.1 Å². The maximum absolute atomic E-state index is 9.86. The monoisotopic (exact) mass is 240 g/mol. The van der Waals surface area contributed by atoms with E-state index in [0.29, 0.717) is 17.1 Å². The quantitative estimate of drug-likeness (QED) is 0.535. The Kier molecular flexibility index (Phi) is 3.30. The number of hydrogen-bond acceptors (Lipinski definition) is 6. The lowest BCUT2D eigenvalue weighted by Gasteiger charge is -2.16. The van der Waals surface area contributed by atoms with Crippen molar-refractivity contribution in [1.29, 1.82) is 0 Å². The smallest absolute Gasteiger partial charge is 0.123 e. The third-order valence-electron chi connectivity index (χ3n) is 3.00. The molecule has 94 valence electrons. The van der Waals surface area contributed by atoms with E-state index in [0.717, 1.165) is 0 Å². The number of aromatic nitrogens is 1. The molecule has 6 heteroatoms. The molecule has 6 nitrogen and oxygen atoms in total. The Morgan fingerprint density at radius 1 is 1.35 bits per heavy atom. The molecule has 1 aromatic rings. The Morgan fingerprint density at radius 2 is 2.06 bits per heavy atom. The summed E-state index contributed by atoms with van der Waals surface area (Å²) in [6.07, 6.45) is -3.62. The Hall–Kier alpha value is -1.21. The highest BCUT2D eigenvalue weighted by atomic mass is 16.6. The fraction of sp³-hybridized carbons (Fsp3) is 0.545. The maximum atomic E-state index is 9.86. The van der Waals surface area contributed by atoms with Gasteiger partial charge in [-0.15, -0.1) is 0 Å². The average molecular weight is 240 g/mol. The molecule has 1 aliphatic heterocycles. The van der Waals surface area contributed by atoms with Gasteiger partial charge in [-0.3, -0.25) is 0 Å². The highest BCUT2D eigenvalue weighted by molar-refractivity contribution is 5.35. The normalized spacial score (nSPS) is 32.9. The summed E-state index contributed by atoms with van der Waals surface area (Å²) in [6, 6.07) is 3.31. The van der Waals surface area contributed by atoms with Crippen LogP contribution in [0.2, 0.25) is 0 Å². The molecule has 1 fully saturated rings. The van der Waals surface area contributed by atoms with Crippen molar-refractivity contribution in [2.24, 2.45) is 0 Å². The van der Waals surface area contributed by atoms with Crippen molar-refractivity contribution in [3.05, 3.63) is 23.4 Å². The SMILES string of the molecule is Cc1nc(N)ccc1[C@@H]1O[C@H](CO)[C@@H](O)[C@H]1O. The lowest BCUT2D eigenvalue weighted by atomic mass is 10.0. The zero-order chi connectivity index (χ0) is 12.6. The van der Waals surface area contributed by atoms with E-state index in [1.165, 1.54) is 0 Å². The van der Waals surface area contributed by atoms with Gasteiger partial charge in [0.2, 0.25) is 0 Å². The second kappa shape index (κ2) is 4.58. The summed E-state index contributed by atoms with van der Waals surface area (Å²) in [6.45, 7) is 1.41. The number of ether oxygens (including phenoxy) is 1. The molecule has 2 heterocycles. The molecule has 2 rings (SSSR count). The van der Waals surface area contributed by atoms with E-state index in [1.54, 1.807) is 19.1 Å². The Morgan fingerprint density at radius 3 is 2.59 bits per heavy atom. The summed E-state index contributed by atoms with van der Waals surface area (Å²) in [4.78, 5) is 4.07. The molecule has 5 N–H and O–H groups in total. The largest absolute Gasteiger partial charge is 0.394 e. The van der Waals surface area contributed by atoms with E-state index in [2.05, 4.69) is 4.98 Å². The van der Waals surface area contributed by atoms with Gasteiger partial charge in [0.15, 0.2) is 0 Å². The molecule has 0 aliphatic carbocycles. The Bertz CT molecular complexity index is 412. The number of anilines is 1. The topological polar surface area (TPSA) is 109 Å². The van der Waals surface area contributed by atoms with Crippen molar-refractivity contribution in [2.45, 2.75) is 31.3 Å². The van der Waals surface area contributed by atoms with E-state index in [9.17, 15) is 10.2 Å². The van der Waals surface area contributed by atoms with Crippen molar-refractivity contribution in [2.75, 3.05) is 12.3 Å². The van der Waals surface area contributed by atoms with Crippen molar-refractivity contribution < 1.29 is 20.1 Å². The van der Waals surface area contributed by atoms with Gasteiger partial charge in [0, 0.05) is 11.3 Å². The van der Waals surface area contributed by atoms with E-state index < -0.39 is 24.4 Å². The van der Waals surface area contributed by atoms with Crippen LogP contribution in [-0.4, -0.2) is 45.2 Å². The van der Waals surface area contributed by atoms with Crippen LogP contribution >= 0.6 is 0 Å². The van der Waals surface area contributed by atoms with Crippen LogP contribution in [0.5, 0.6) is 0 Å².